The molecule has 0 saturated carbocycles. The lowest BCUT2D eigenvalue weighted by atomic mass is 10.0. The second-order valence-corrected chi connectivity index (χ2v) is 6.29. The van der Waals surface area contributed by atoms with Crippen LogP contribution in [0.1, 0.15) is 104 Å². The number of carbonyl (C=O) groups is 1. The molecule has 0 aromatic heterocycles. The number of rotatable bonds is 16. The number of carbonyl (C=O) groups excluding carboxylic acids is 1. The van der Waals surface area contributed by atoms with E-state index in [2.05, 4.69) is 19.1 Å². The molecule has 0 bridgehead atoms. The van der Waals surface area contributed by atoms with Gasteiger partial charge in [-0.15, -0.1) is 0 Å². The highest BCUT2D eigenvalue weighted by molar-refractivity contribution is 5.65. The molecule has 0 radical (unpaired) electrons. The maximum atomic E-state index is 10.6. The Balaban J connectivity index is 2.98. The third kappa shape index (κ3) is 19.2. The predicted octanol–water partition coefficient (Wildman–Crippen LogP) is 6.59. The molecule has 22 heavy (non-hydrogen) atoms. The Bertz CT molecular complexity index is 258. The van der Waals surface area contributed by atoms with Crippen molar-refractivity contribution in [3.63, 3.8) is 0 Å². The highest BCUT2D eigenvalue weighted by Crippen LogP contribution is 2.13. The van der Waals surface area contributed by atoms with Crippen LogP contribution in [-0.4, -0.2) is 12.6 Å². The molecule has 0 amide bonds. The zero-order valence-corrected chi connectivity index (χ0v) is 15.1. The zero-order chi connectivity index (χ0) is 16.3. The van der Waals surface area contributed by atoms with Crippen LogP contribution >= 0.6 is 0 Å². The quantitative estimate of drug-likeness (QED) is 0.183. The molecule has 0 aliphatic heterocycles. The standard InChI is InChI=1S/C20H38O2/c1-3-4-5-6-7-8-9-10-11-12-13-14-15-16-17-18-19-22-20(2)21/h3-4H,5-19H2,1-2H3/b4-3+. The van der Waals surface area contributed by atoms with Gasteiger partial charge in [0.15, 0.2) is 0 Å². The van der Waals surface area contributed by atoms with Gasteiger partial charge < -0.3 is 4.74 Å². The number of unbranched alkanes of at least 4 members (excludes halogenated alkanes) is 13. The van der Waals surface area contributed by atoms with Crippen molar-refractivity contribution in [1.82, 2.24) is 0 Å². The van der Waals surface area contributed by atoms with Gasteiger partial charge in [0.1, 0.15) is 0 Å². The van der Waals surface area contributed by atoms with Crippen LogP contribution in [0.3, 0.4) is 0 Å². The Kier molecular flexibility index (Phi) is 17.6. The Labute approximate surface area is 138 Å². The second-order valence-electron chi connectivity index (χ2n) is 6.29. The van der Waals surface area contributed by atoms with Crippen LogP contribution in [0.25, 0.3) is 0 Å². The van der Waals surface area contributed by atoms with Gasteiger partial charge in [-0.1, -0.05) is 82.8 Å². The van der Waals surface area contributed by atoms with Crippen LogP contribution in [-0.2, 0) is 9.53 Å². The highest BCUT2D eigenvalue weighted by atomic mass is 16.5. The number of esters is 1. The topological polar surface area (TPSA) is 26.3 Å². The molecule has 0 aliphatic rings. The van der Waals surface area contributed by atoms with E-state index in [1.165, 1.54) is 90.4 Å². The Morgan fingerprint density at radius 3 is 1.55 bits per heavy atom. The summed E-state index contributed by atoms with van der Waals surface area (Å²) in [7, 11) is 0. The summed E-state index contributed by atoms with van der Waals surface area (Å²) in [5.74, 6) is -0.155. The average Bonchev–Trinajstić information content (AvgIpc) is 2.50. The van der Waals surface area contributed by atoms with Crippen LogP contribution < -0.4 is 0 Å². The van der Waals surface area contributed by atoms with Crippen LogP contribution in [0.2, 0.25) is 0 Å². The third-order valence-electron chi connectivity index (χ3n) is 4.06. The largest absolute Gasteiger partial charge is 0.466 e. The summed E-state index contributed by atoms with van der Waals surface area (Å²) in [6.07, 6.45) is 23.1. The average molecular weight is 311 g/mol. The van der Waals surface area contributed by atoms with E-state index in [-0.39, 0.29) is 5.97 Å². The van der Waals surface area contributed by atoms with E-state index in [0.717, 1.165) is 6.42 Å². The van der Waals surface area contributed by atoms with Gasteiger partial charge in [-0.2, -0.15) is 0 Å². The summed E-state index contributed by atoms with van der Waals surface area (Å²) >= 11 is 0. The fourth-order valence-electron chi connectivity index (χ4n) is 2.69. The van der Waals surface area contributed by atoms with E-state index in [9.17, 15) is 4.79 Å². The Morgan fingerprint density at radius 2 is 1.14 bits per heavy atom. The summed E-state index contributed by atoms with van der Waals surface area (Å²) in [5.41, 5.74) is 0. The van der Waals surface area contributed by atoms with E-state index in [0.29, 0.717) is 6.61 Å². The van der Waals surface area contributed by atoms with Gasteiger partial charge in [0.2, 0.25) is 0 Å². The van der Waals surface area contributed by atoms with Gasteiger partial charge in [0.05, 0.1) is 6.61 Å². The molecule has 0 rings (SSSR count). The maximum Gasteiger partial charge on any atom is 0.302 e. The molecular formula is C20H38O2. The van der Waals surface area contributed by atoms with E-state index in [1.807, 2.05) is 0 Å². The van der Waals surface area contributed by atoms with Gasteiger partial charge in [0, 0.05) is 6.92 Å². The summed E-state index contributed by atoms with van der Waals surface area (Å²) in [6.45, 7) is 4.18. The van der Waals surface area contributed by atoms with Crippen LogP contribution in [0.15, 0.2) is 12.2 Å². The third-order valence-corrected chi connectivity index (χ3v) is 4.06. The van der Waals surface area contributed by atoms with Gasteiger partial charge in [-0.25, -0.2) is 0 Å². The lowest BCUT2D eigenvalue weighted by Gasteiger charge is -2.03. The molecule has 0 saturated heterocycles. The van der Waals surface area contributed by atoms with Crippen molar-refractivity contribution in [2.24, 2.45) is 0 Å². The minimum Gasteiger partial charge on any atom is -0.466 e. The van der Waals surface area contributed by atoms with Gasteiger partial charge in [0.25, 0.3) is 0 Å². The fraction of sp³-hybridized carbons (Fsp3) is 0.850. The van der Waals surface area contributed by atoms with Crippen molar-refractivity contribution in [1.29, 1.82) is 0 Å². The van der Waals surface area contributed by atoms with Crippen molar-refractivity contribution in [2.75, 3.05) is 6.61 Å². The molecule has 0 N–H and O–H groups in total. The van der Waals surface area contributed by atoms with Crippen LogP contribution in [0.5, 0.6) is 0 Å². The van der Waals surface area contributed by atoms with E-state index >= 15 is 0 Å². The molecule has 0 atom stereocenters. The molecule has 0 spiro atoms. The van der Waals surface area contributed by atoms with Crippen LogP contribution in [0, 0.1) is 0 Å². The first-order valence-electron chi connectivity index (χ1n) is 9.52. The lowest BCUT2D eigenvalue weighted by Crippen LogP contribution is -2.00. The molecule has 2 heteroatoms. The Hall–Kier alpha value is -0.790. The highest BCUT2D eigenvalue weighted by Gasteiger charge is 1.95. The maximum absolute atomic E-state index is 10.6. The van der Waals surface area contributed by atoms with Crippen LogP contribution in [0.4, 0.5) is 0 Å². The normalized spacial score (nSPS) is 11.2. The van der Waals surface area contributed by atoms with E-state index in [1.54, 1.807) is 0 Å². The first-order valence-corrected chi connectivity index (χ1v) is 9.52. The van der Waals surface area contributed by atoms with E-state index in [4.69, 9.17) is 4.74 Å². The minimum atomic E-state index is -0.155. The van der Waals surface area contributed by atoms with E-state index < -0.39 is 0 Å². The molecule has 0 unspecified atom stereocenters. The molecule has 0 aromatic carbocycles. The van der Waals surface area contributed by atoms with Crippen molar-refractivity contribution in [3.8, 4) is 0 Å². The SMILES string of the molecule is C/C=C/CCCCCCCCCCCCCCCOC(C)=O. The summed E-state index contributed by atoms with van der Waals surface area (Å²) < 4.78 is 4.92. The fourth-order valence-corrected chi connectivity index (χ4v) is 2.69. The van der Waals surface area contributed by atoms with Gasteiger partial charge in [-0.05, 0) is 26.2 Å². The first kappa shape index (κ1) is 21.2. The van der Waals surface area contributed by atoms with Gasteiger partial charge >= 0.3 is 5.97 Å². The summed E-state index contributed by atoms with van der Waals surface area (Å²) in [4.78, 5) is 10.6. The van der Waals surface area contributed by atoms with Crippen molar-refractivity contribution >= 4 is 5.97 Å². The Morgan fingerprint density at radius 1 is 0.727 bits per heavy atom. The molecule has 0 aliphatic carbocycles. The number of hydrogen-bond donors (Lipinski definition) is 0. The second kappa shape index (κ2) is 18.3. The first-order chi connectivity index (χ1) is 10.8. The predicted molar refractivity (Wildman–Crippen MR) is 96.1 cm³/mol. The molecular weight excluding hydrogens is 272 g/mol. The minimum absolute atomic E-state index is 0.155. The lowest BCUT2D eigenvalue weighted by molar-refractivity contribution is -0.141. The van der Waals surface area contributed by atoms with Gasteiger partial charge in [-0.3, -0.25) is 4.79 Å². The monoisotopic (exact) mass is 310 g/mol. The molecule has 0 heterocycles. The number of allylic oxidation sites excluding steroid dienone is 2. The number of hydrogen-bond acceptors (Lipinski definition) is 2. The molecule has 130 valence electrons. The molecule has 0 aromatic rings. The van der Waals surface area contributed by atoms with Crippen molar-refractivity contribution in [3.05, 3.63) is 12.2 Å². The number of ether oxygens (including phenoxy) is 1. The molecule has 0 fully saturated rings. The molecule has 2 nitrogen and oxygen atoms in total. The zero-order valence-electron chi connectivity index (χ0n) is 15.1. The summed E-state index contributed by atoms with van der Waals surface area (Å²) in [5, 5.41) is 0. The van der Waals surface area contributed by atoms with Crippen molar-refractivity contribution in [2.45, 2.75) is 104 Å². The summed E-state index contributed by atoms with van der Waals surface area (Å²) in [6, 6.07) is 0. The smallest absolute Gasteiger partial charge is 0.302 e. The van der Waals surface area contributed by atoms with Crippen molar-refractivity contribution < 1.29 is 9.53 Å².